The number of carbonyl (C=O) groups excluding carboxylic acids is 1. The molecule has 4 rings (SSSR count). The van der Waals surface area contributed by atoms with E-state index < -0.39 is 0 Å². The molecule has 30 heavy (non-hydrogen) atoms. The van der Waals surface area contributed by atoms with Gasteiger partial charge in [0.25, 0.3) is 5.91 Å². The number of hydrogen-bond donors (Lipinski definition) is 1. The molecule has 4 aromatic rings. The van der Waals surface area contributed by atoms with Gasteiger partial charge in [0.05, 0.1) is 19.0 Å². The van der Waals surface area contributed by atoms with Gasteiger partial charge >= 0.3 is 0 Å². The van der Waals surface area contributed by atoms with Crippen molar-refractivity contribution in [2.75, 3.05) is 7.11 Å². The highest BCUT2D eigenvalue weighted by molar-refractivity contribution is 5.95. The lowest BCUT2D eigenvalue weighted by atomic mass is 10.2. The van der Waals surface area contributed by atoms with Gasteiger partial charge in [-0.25, -0.2) is 10.1 Å². The zero-order chi connectivity index (χ0) is 20.9. The van der Waals surface area contributed by atoms with Crippen molar-refractivity contribution >= 4 is 12.1 Å². The van der Waals surface area contributed by atoms with Gasteiger partial charge in [-0.1, -0.05) is 24.3 Å². The van der Waals surface area contributed by atoms with Crippen molar-refractivity contribution in [3.05, 3.63) is 89.8 Å². The second-order valence-electron chi connectivity index (χ2n) is 6.55. The van der Waals surface area contributed by atoms with Gasteiger partial charge in [0.1, 0.15) is 17.2 Å². The second kappa shape index (κ2) is 8.48. The van der Waals surface area contributed by atoms with Gasteiger partial charge in [-0.05, 0) is 49.4 Å². The van der Waals surface area contributed by atoms with Crippen molar-refractivity contribution in [3.8, 4) is 22.9 Å². The number of para-hydroxylation sites is 1. The molecule has 2 heterocycles. The predicted octanol–water partition coefficient (Wildman–Crippen LogP) is 4.21. The molecule has 0 aliphatic rings. The first kappa shape index (κ1) is 19.2. The van der Waals surface area contributed by atoms with Crippen LogP contribution in [0.25, 0.3) is 17.1 Å². The minimum Gasteiger partial charge on any atom is -0.497 e. The minimum atomic E-state index is -0.337. The molecule has 0 bridgehead atoms. The lowest BCUT2D eigenvalue weighted by Gasteiger charge is -2.02. The van der Waals surface area contributed by atoms with Crippen LogP contribution in [0.15, 0.2) is 82.4 Å². The van der Waals surface area contributed by atoms with E-state index in [2.05, 4.69) is 15.6 Å². The summed E-state index contributed by atoms with van der Waals surface area (Å²) in [6.07, 6.45) is 3.39. The SMILES string of the molecule is COc1cccc(C(=O)N/N=C\c2cn(-c3ccccc3)nc2-c2ccc(C)o2)c1. The van der Waals surface area contributed by atoms with E-state index in [0.717, 1.165) is 11.4 Å². The molecule has 150 valence electrons. The first-order valence-corrected chi connectivity index (χ1v) is 9.33. The van der Waals surface area contributed by atoms with Crippen molar-refractivity contribution in [2.45, 2.75) is 6.92 Å². The van der Waals surface area contributed by atoms with Gasteiger partial charge < -0.3 is 9.15 Å². The van der Waals surface area contributed by atoms with Gasteiger partial charge in [-0.2, -0.15) is 10.2 Å². The van der Waals surface area contributed by atoms with Crippen molar-refractivity contribution in [1.29, 1.82) is 0 Å². The molecule has 1 amide bonds. The molecule has 1 N–H and O–H groups in total. The minimum absolute atomic E-state index is 0.337. The second-order valence-corrected chi connectivity index (χ2v) is 6.55. The Morgan fingerprint density at radius 1 is 1.13 bits per heavy atom. The number of aryl methyl sites for hydroxylation is 1. The summed E-state index contributed by atoms with van der Waals surface area (Å²) in [4.78, 5) is 12.4. The van der Waals surface area contributed by atoms with E-state index in [-0.39, 0.29) is 5.91 Å². The largest absolute Gasteiger partial charge is 0.497 e. The highest BCUT2D eigenvalue weighted by Gasteiger charge is 2.14. The maximum absolute atomic E-state index is 12.4. The summed E-state index contributed by atoms with van der Waals surface area (Å²) >= 11 is 0. The Morgan fingerprint density at radius 3 is 2.70 bits per heavy atom. The molecule has 0 spiro atoms. The summed E-state index contributed by atoms with van der Waals surface area (Å²) < 4.78 is 12.6. The van der Waals surface area contributed by atoms with E-state index in [1.807, 2.05) is 55.6 Å². The number of furan rings is 1. The van der Waals surface area contributed by atoms with Crippen molar-refractivity contribution in [3.63, 3.8) is 0 Å². The van der Waals surface area contributed by atoms with Crippen molar-refractivity contribution in [2.24, 2.45) is 5.10 Å². The Kier molecular flexibility index (Phi) is 5.43. The topological polar surface area (TPSA) is 81.6 Å². The Hall–Kier alpha value is -4.13. The van der Waals surface area contributed by atoms with Gasteiger partial charge in [0.15, 0.2) is 5.76 Å². The first-order chi connectivity index (χ1) is 14.6. The van der Waals surface area contributed by atoms with Crippen molar-refractivity contribution in [1.82, 2.24) is 15.2 Å². The standard InChI is InChI=1S/C23H20N4O3/c1-16-11-12-21(30-16)22-18(15-27(26-22)19-8-4-3-5-9-19)14-24-25-23(28)17-7-6-10-20(13-17)29-2/h3-15H,1-2H3,(H,25,28)/b24-14-. The molecule has 0 saturated carbocycles. The molecule has 0 aliphatic heterocycles. The summed E-state index contributed by atoms with van der Waals surface area (Å²) in [7, 11) is 1.55. The van der Waals surface area contributed by atoms with Gasteiger partial charge in [-0.3, -0.25) is 4.79 Å². The monoisotopic (exact) mass is 400 g/mol. The molecule has 0 unspecified atom stereocenters. The van der Waals surface area contributed by atoms with E-state index in [4.69, 9.17) is 9.15 Å². The molecule has 2 aromatic carbocycles. The summed E-state index contributed by atoms with van der Waals surface area (Å²) in [5.74, 6) is 1.68. The third-order valence-corrected chi connectivity index (χ3v) is 4.44. The fraction of sp³-hybridized carbons (Fsp3) is 0.0870. The van der Waals surface area contributed by atoms with Crippen LogP contribution in [0, 0.1) is 6.92 Å². The van der Waals surface area contributed by atoms with E-state index >= 15 is 0 Å². The summed E-state index contributed by atoms with van der Waals surface area (Å²) in [6.45, 7) is 1.87. The molecule has 0 radical (unpaired) electrons. The number of aromatic nitrogens is 2. The smallest absolute Gasteiger partial charge is 0.271 e. The number of ether oxygens (including phenoxy) is 1. The Balaban J connectivity index is 1.60. The molecule has 2 aromatic heterocycles. The molecule has 0 aliphatic carbocycles. The number of methoxy groups -OCH3 is 1. The normalized spacial score (nSPS) is 11.0. The zero-order valence-corrected chi connectivity index (χ0v) is 16.6. The maximum atomic E-state index is 12.4. The Labute approximate surface area is 173 Å². The van der Waals surface area contributed by atoms with Crippen LogP contribution >= 0.6 is 0 Å². The molecule has 0 fully saturated rings. The fourth-order valence-electron chi connectivity index (χ4n) is 2.94. The number of carbonyl (C=O) groups is 1. The first-order valence-electron chi connectivity index (χ1n) is 9.33. The van der Waals surface area contributed by atoms with Gasteiger partial charge in [0.2, 0.25) is 0 Å². The van der Waals surface area contributed by atoms with E-state index in [1.165, 1.54) is 0 Å². The quantitative estimate of drug-likeness (QED) is 0.388. The Bertz CT molecular complexity index is 1190. The van der Waals surface area contributed by atoms with Crippen LogP contribution in [0.3, 0.4) is 0 Å². The molecule has 7 nitrogen and oxygen atoms in total. The molecule has 0 saturated heterocycles. The lowest BCUT2D eigenvalue weighted by molar-refractivity contribution is 0.0955. The number of rotatable bonds is 6. The average molecular weight is 400 g/mol. The molecular formula is C23H20N4O3. The van der Waals surface area contributed by atoms with Crippen LogP contribution in [0.2, 0.25) is 0 Å². The maximum Gasteiger partial charge on any atom is 0.271 e. The molecule has 0 atom stereocenters. The molecular weight excluding hydrogens is 380 g/mol. The summed E-state index contributed by atoms with van der Waals surface area (Å²) in [5.41, 5.74) is 5.23. The number of hydrogen-bond acceptors (Lipinski definition) is 5. The van der Waals surface area contributed by atoms with Gasteiger partial charge in [-0.15, -0.1) is 0 Å². The molecule has 7 heteroatoms. The van der Waals surface area contributed by atoms with Crippen LogP contribution in [-0.2, 0) is 0 Å². The summed E-state index contributed by atoms with van der Waals surface area (Å²) in [5, 5.41) is 8.76. The summed E-state index contributed by atoms with van der Waals surface area (Å²) in [6, 6.07) is 20.3. The van der Waals surface area contributed by atoms with E-state index in [1.54, 1.807) is 42.3 Å². The van der Waals surface area contributed by atoms with Crippen LogP contribution in [0.5, 0.6) is 5.75 Å². The number of nitrogens with one attached hydrogen (secondary N) is 1. The van der Waals surface area contributed by atoms with Crippen LogP contribution in [0.4, 0.5) is 0 Å². The van der Waals surface area contributed by atoms with Crippen LogP contribution < -0.4 is 10.2 Å². The van der Waals surface area contributed by atoms with E-state index in [0.29, 0.717) is 28.3 Å². The zero-order valence-electron chi connectivity index (χ0n) is 16.6. The highest BCUT2D eigenvalue weighted by atomic mass is 16.5. The Morgan fingerprint density at radius 2 is 1.97 bits per heavy atom. The lowest BCUT2D eigenvalue weighted by Crippen LogP contribution is -2.17. The predicted molar refractivity (Wildman–Crippen MR) is 114 cm³/mol. The fourth-order valence-corrected chi connectivity index (χ4v) is 2.94. The van der Waals surface area contributed by atoms with Gasteiger partial charge in [0, 0.05) is 17.3 Å². The third-order valence-electron chi connectivity index (χ3n) is 4.44. The van der Waals surface area contributed by atoms with E-state index in [9.17, 15) is 4.79 Å². The number of benzene rings is 2. The van der Waals surface area contributed by atoms with Crippen LogP contribution in [-0.4, -0.2) is 29.0 Å². The third kappa shape index (κ3) is 4.15. The number of nitrogens with zero attached hydrogens (tertiary/aromatic N) is 3. The number of hydrazone groups is 1. The van der Waals surface area contributed by atoms with Crippen LogP contribution in [0.1, 0.15) is 21.7 Å². The average Bonchev–Trinajstić information content (AvgIpc) is 3.40. The number of amides is 1. The van der Waals surface area contributed by atoms with Crippen molar-refractivity contribution < 1.29 is 13.9 Å². The highest BCUT2D eigenvalue weighted by Crippen LogP contribution is 2.24.